The van der Waals surface area contributed by atoms with Crippen molar-refractivity contribution in [2.45, 2.75) is 31.7 Å². The molecule has 3 rings (SSSR count). The molecule has 0 spiro atoms. The molecule has 2 aliphatic rings. The minimum atomic E-state index is -0.0698. The Morgan fingerprint density at radius 1 is 1.25 bits per heavy atom. The molecular formula is C13H14O3. The van der Waals surface area contributed by atoms with Crippen LogP contribution in [0, 0.1) is 5.92 Å². The largest absolute Gasteiger partial charge is 0.461 e. The van der Waals surface area contributed by atoms with Gasteiger partial charge < -0.3 is 9.47 Å². The summed E-state index contributed by atoms with van der Waals surface area (Å²) in [5.74, 6) is -0.00730. The van der Waals surface area contributed by atoms with Crippen molar-refractivity contribution < 1.29 is 14.3 Å². The van der Waals surface area contributed by atoms with Crippen molar-refractivity contribution in [1.82, 2.24) is 0 Å². The lowest BCUT2D eigenvalue weighted by molar-refractivity contribution is -0.150. The van der Waals surface area contributed by atoms with E-state index >= 15 is 0 Å². The minimum absolute atomic E-state index is 0.0625. The molecule has 1 saturated heterocycles. The summed E-state index contributed by atoms with van der Waals surface area (Å²) in [4.78, 5) is 11.7. The second-order valence-electron chi connectivity index (χ2n) is 4.47. The maximum absolute atomic E-state index is 11.7. The van der Waals surface area contributed by atoms with E-state index in [2.05, 4.69) is 0 Å². The van der Waals surface area contributed by atoms with Gasteiger partial charge in [0.15, 0.2) is 0 Å². The summed E-state index contributed by atoms with van der Waals surface area (Å²) in [5, 5.41) is 0. The highest BCUT2D eigenvalue weighted by atomic mass is 16.6. The fourth-order valence-electron chi connectivity index (χ4n) is 2.29. The molecule has 3 atom stereocenters. The van der Waals surface area contributed by atoms with Gasteiger partial charge in [0.2, 0.25) is 0 Å². The predicted molar refractivity (Wildman–Crippen MR) is 57.6 cm³/mol. The van der Waals surface area contributed by atoms with Gasteiger partial charge in [0, 0.05) is 0 Å². The zero-order chi connectivity index (χ0) is 11.0. The maximum Gasteiger partial charge on any atom is 0.309 e. The van der Waals surface area contributed by atoms with Gasteiger partial charge in [0.25, 0.3) is 0 Å². The predicted octanol–water partition coefficient (Wildman–Crippen LogP) is 1.91. The number of epoxide rings is 1. The third-order valence-corrected chi connectivity index (χ3v) is 3.28. The van der Waals surface area contributed by atoms with Crippen molar-refractivity contribution in [2.24, 2.45) is 5.92 Å². The van der Waals surface area contributed by atoms with Crippen molar-refractivity contribution >= 4 is 5.97 Å². The van der Waals surface area contributed by atoms with E-state index < -0.39 is 0 Å². The van der Waals surface area contributed by atoms with Crippen LogP contribution in [0.15, 0.2) is 30.3 Å². The number of hydrogen-bond acceptors (Lipinski definition) is 3. The number of fused-ring (bicyclic) bond motifs is 1. The van der Waals surface area contributed by atoms with Crippen LogP contribution in [0.4, 0.5) is 0 Å². The molecule has 0 amide bonds. The fourth-order valence-corrected chi connectivity index (χ4v) is 2.29. The zero-order valence-corrected chi connectivity index (χ0v) is 8.96. The van der Waals surface area contributed by atoms with Gasteiger partial charge in [-0.15, -0.1) is 0 Å². The number of benzene rings is 1. The first kappa shape index (κ1) is 9.85. The lowest BCUT2D eigenvalue weighted by atomic mass is 10.1. The van der Waals surface area contributed by atoms with Gasteiger partial charge in [-0.1, -0.05) is 30.3 Å². The van der Waals surface area contributed by atoms with E-state index in [1.54, 1.807) is 0 Å². The first-order valence-corrected chi connectivity index (χ1v) is 5.69. The van der Waals surface area contributed by atoms with E-state index in [0.29, 0.717) is 18.8 Å². The average Bonchev–Trinajstić information content (AvgIpc) is 2.94. The summed E-state index contributed by atoms with van der Waals surface area (Å²) in [5.41, 5.74) is 1.04. The first-order valence-electron chi connectivity index (χ1n) is 5.69. The van der Waals surface area contributed by atoms with E-state index in [1.807, 2.05) is 30.3 Å². The minimum Gasteiger partial charge on any atom is -0.461 e. The molecule has 16 heavy (non-hydrogen) atoms. The van der Waals surface area contributed by atoms with Crippen LogP contribution in [0.2, 0.25) is 0 Å². The molecule has 0 radical (unpaired) electrons. The van der Waals surface area contributed by atoms with Crippen LogP contribution >= 0.6 is 0 Å². The molecule has 1 aliphatic carbocycles. The molecule has 84 valence electrons. The molecule has 1 heterocycles. The van der Waals surface area contributed by atoms with Crippen LogP contribution < -0.4 is 0 Å². The van der Waals surface area contributed by atoms with Crippen molar-refractivity contribution in [2.75, 3.05) is 0 Å². The lowest BCUT2D eigenvalue weighted by Gasteiger charge is -2.11. The monoisotopic (exact) mass is 218 g/mol. The molecule has 0 aromatic heterocycles. The molecule has 3 nitrogen and oxygen atoms in total. The Morgan fingerprint density at radius 2 is 1.94 bits per heavy atom. The molecule has 0 bridgehead atoms. The van der Waals surface area contributed by atoms with Gasteiger partial charge in [-0.25, -0.2) is 0 Å². The Morgan fingerprint density at radius 3 is 2.62 bits per heavy atom. The Hall–Kier alpha value is -1.35. The van der Waals surface area contributed by atoms with Gasteiger partial charge in [-0.05, 0) is 18.4 Å². The van der Waals surface area contributed by atoms with E-state index in [-0.39, 0.29) is 11.9 Å². The van der Waals surface area contributed by atoms with Gasteiger partial charge >= 0.3 is 5.97 Å². The second-order valence-corrected chi connectivity index (χ2v) is 4.47. The quantitative estimate of drug-likeness (QED) is 0.574. The van der Waals surface area contributed by atoms with Crippen LogP contribution in [0.5, 0.6) is 0 Å². The van der Waals surface area contributed by atoms with Crippen LogP contribution in [-0.4, -0.2) is 18.2 Å². The van der Waals surface area contributed by atoms with Gasteiger partial charge in [0.1, 0.15) is 6.61 Å². The molecule has 2 fully saturated rings. The summed E-state index contributed by atoms with van der Waals surface area (Å²) in [6, 6.07) is 9.77. The van der Waals surface area contributed by atoms with Crippen molar-refractivity contribution in [3.05, 3.63) is 35.9 Å². The van der Waals surface area contributed by atoms with Gasteiger partial charge in [-0.3, -0.25) is 4.79 Å². The normalized spacial score (nSPS) is 30.9. The van der Waals surface area contributed by atoms with Crippen molar-refractivity contribution in [3.63, 3.8) is 0 Å². The van der Waals surface area contributed by atoms with Crippen LogP contribution in [-0.2, 0) is 20.9 Å². The SMILES string of the molecule is O=C(OCc1ccccc1)C1C[C@@H]2O[C@@H]2C1. The molecule has 1 aliphatic heterocycles. The average molecular weight is 218 g/mol. The summed E-state index contributed by atoms with van der Waals surface area (Å²) in [6.07, 6.45) is 2.37. The molecule has 1 aromatic rings. The number of rotatable bonds is 3. The molecule has 0 N–H and O–H groups in total. The molecular weight excluding hydrogens is 204 g/mol. The van der Waals surface area contributed by atoms with E-state index in [9.17, 15) is 4.79 Å². The summed E-state index contributed by atoms with van der Waals surface area (Å²) < 4.78 is 10.6. The molecule has 1 unspecified atom stereocenters. The number of ether oxygens (including phenoxy) is 2. The number of hydrogen-bond donors (Lipinski definition) is 0. The summed E-state index contributed by atoms with van der Waals surface area (Å²) in [7, 11) is 0. The van der Waals surface area contributed by atoms with E-state index in [1.165, 1.54) is 0 Å². The number of carbonyl (C=O) groups excluding carboxylic acids is 1. The van der Waals surface area contributed by atoms with Gasteiger partial charge in [-0.2, -0.15) is 0 Å². The summed E-state index contributed by atoms with van der Waals surface area (Å²) in [6.45, 7) is 0.381. The standard InChI is InChI=1S/C13H14O3/c14-13(10-6-11-12(7-10)16-11)15-8-9-4-2-1-3-5-9/h1-5,10-12H,6-8H2/t10?,11-,12+. The van der Waals surface area contributed by atoms with Crippen LogP contribution in [0.1, 0.15) is 18.4 Å². The van der Waals surface area contributed by atoms with Crippen molar-refractivity contribution in [3.8, 4) is 0 Å². The summed E-state index contributed by atoms with van der Waals surface area (Å²) >= 11 is 0. The lowest BCUT2D eigenvalue weighted by Crippen LogP contribution is -2.17. The van der Waals surface area contributed by atoms with E-state index in [0.717, 1.165) is 18.4 Å². The third kappa shape index (κ3) is 1.95. The third-order valence-electron chi connectivity index (χ3n) is 3.28. The number of esters is 1. The Balaban J connectivity index is 1.50. The molecule has 1 saturated carbocycles. The van der Waals surface area contributed by atoms with Crippen LogP contribution in [0.3, 0.4) is 0 Å². The fraction of sp³-hybridized carbons (Fsp3) is 0.462. The second kappa shape index (κ2) is 3.91. The topological polar surface area (TPSA) is 38.8 Å². The maximum atomic E-state index is 11.7. The Labute approximate surface area is 94.4 Å². The highest BCUT2D eigenvalue weighted by Gasteiger charge is 2.50. The Bertz CT molecular complexity index is 377. The zero-order valence-electron chi connectivity index (χ0n) is 8.96. The first-order chi connectivity index (χ1) is 7.83. The van der Waals surface area contributed by atoms with Crippen molar-refractivity contribution in [1.29, 1.82) is 0 Å². The smallest absolute Gasteiger partial charge is 0.309 e. The highest BCUT2D eigenvalue weighted by Crippen LogP contribution is 2.42. The van der Waals surface area contributed by atoms with E-state index in [4.69, 9.17) is 9.47 Å². The van der Waals surface area contributed by atoms with Crippen LogP contribution in [0.25, 0.3) is 0 Å². The number of carbonyl (C=O) groups is 1. The highest BCUT2D eigenvalue weighted by molar-refractivity contribution is 5.73. The molecule has 3 heteroatoms. The Kier molecular flexibility index (Phi) is 2.40. The van der Waals surface area contributed by atoms with Gasteiger partial charge in [0.05, 0.1) is 18.1 Å². The molecule has 1 aromatic carbocycles.